The molecule has 0 aliphatic heterocycles. The fraction of sp³-hybridized carbons (Fsp3) is 0.286. The molecule has 0 saturated carbocycles. The van der Waals surface area contributed by atoms with Gasteiger partial charge in [0.05, 0.1) is 28.5 Å². The van der Waals surface area contributed by atoms with Crippen molar-refractivity contribution < 1.29 is 4.42 Å². The molecule has 1 aromatic carbocycles. The number of aryl methyl sites for hydroxylation is 2. The first-order valence-electron chi connectivity index (χ1n) is 6.62. The molecule has 0 saturated heterocycles. The van der Waals surface area contributed by atoms with Crippen molar-refractivity contribution in [2.45, 2.75) is 26.9 Å². The van der Waals surface area contributed by atoms with E-state index in [1.165, 1.54) is 4.57 Å². The summed E-state index contributed by atoms with van der Waals surface area (Å²) < 4.78 is 8.55. The van der Waals surface area contributed by atoms with Gasteiger partial charge in [-0.05, 0) is 26.0 Å². The van der Waals surface area contributed by atoms with E-state index in [2.05, 4.69) is 5.10 Å². The maximum atomic E-state index is 12.1. The van der Waals surface area contributed by atoms with Crippen LogP contribution in [0, 0.1) is 6.92 Å². The molecule has 110 valence electrons. The summed E-state index contributed by atoms with van der Waals surface area (Å²) in [7, 11) is 0. The summed E-state index contributed by atoms with van der Waals surface area (Å²) in [5, 5.41) is 4.93. The van der Waals surface area contributed by atoms with Crippen LogP contribution in [0.2, 0.25) is 5.02 Å². The summed E-state index contributed by atoms with van der Waals surface area (Å²) in [5.41, 5.74) is 8.95. The molecular weight excluding hydrogens is 292 g/mol. The second-order valence-corrected chi connectivity index (χ2v) is 5.22. The van der Waals surface area contributed by atoms with Crippen LogP contribution in [0.3, 0.4) is 0 Å². The standard InChI is InChI=1S/C14H15ClN4O2/c1-3-19-11(13(15)8(2)17-19)7-18-10-5-4-9(16)6-12(10)21-14(18)20/h4-6H,3,7,16H2,1-2H3. The number of benzene rings is 1. The molecule has 7 heteroatoms. The number of fused-ring (bicyclic) bond motifs is 1. The van der Waals surface area contributed by atoms with Crippen molar-refractivity contribution in [3.8, 4) is 0 Å². The van der Waals surface area contributed by atoms with E-state index in [-0.39, 0.29) is 0 Å². The highest BCUT2D eigenvalue weighted by Crippen LogP contribution is 2.23. The Morgan fingerprint density at radius 3 is 2.90 bits per heavy atom. The van der Waals surface area contributed by atoms with Gasteiger partial charge in [0.2, 0.25) is 0 Å². The van der Waals surface area contributed by atoms with Gasteiger partial charge in [0.1, 0.15) is 0 Å². The van der Waals surface area contributed by atoms with E-state index in [9.17, 15) is 4.79 Å². The Morgan fingerprint density at radius 1 is 1.43 bits per heavy atom. The van der Waals surface area contributed by atoms with Crippen LogP contribution in [0.15, 0.2) is 27.4 Å². The molecule has 0 unspecified atom stereocenters. The maximum Gasteiger partial charge on any atom is 0.420 e. The normalized spacial score (nSPS) is 11.4. The summed E-state index contributed by atoms with van der Waals surface area (Å²) in [6.45, 7) is 4.81. The fourth-order valence-electron chi connectivity index (χ4n) is 2.40. The average molecular weight is 307 g/mol. The minimum atomic E-state index is -0.437. The van der Waals surface area contributed by atoms with Crippen molar-refractivity contribution in [1.82, 2.24) is 14.3 Å². The number of nitrogens with zero attached hydrogens (tertiary/aromatic N) is 3. The summed E-state index contributed by atoms with van der Waals surface area (Å²) >= 11 is 6.29. The second-order valence-electron chi connectivity index (χ2n) is 4.84. The van der Waals surface area contributed by atoms with Crippen molar-refractivity contribution in [2.24, 2.45) is 0 Å². The molecule has 0 atom stereocenters. The zero-order valence-electron chi connectivity index (χ0n) is 11.8. The van der Waals surface area contributed by atoms with Gasteiger partial charge in [-0.25, -0.2) is 4.79 Å². The molecule has 0 fully saturated rings. The summed E-state index contributed by atoms with van der Waals surface area (Å²) in [6.07, 6.45) is 0. The molecule has 0 bridgehead atoms. The third kappa shape index (κ3) is 2.21. The van der Waals surface area contributed by atoms with Crippen LogP contribution in [-0.4, -0.2) is 14.3 Å². The van der Waals surface area contributed by atoms with Gasteiger partial charge in [-0.1, -0.05) is 11.6 Å². The third-order valence-corrected chi connectivity index (χ3v) is 3.94. The van der Waals surface area contributed by atoms with E-state index in [4.69, 9.17) is 21.8 Å². The lowest BCUT2D eigenvalue weighted by Crippen LogP contribution is -2.17. The van der Waals surface area contributed by atoms with Gasteiger partial charge >= 0.3 is 5.76 Å². The highest BCUT2D eigenvalue weighted by atomic mass is 35.5. The van der Waals surface area contributed by atoms with Crippen LogP contribution in [0.4, 0.5) is 5.69 Å². The van der Waals surface area contributed by atoms with Gasteiger partial charge < -0.3 is 10.2 Å². The molecule has 0 spiro atoms. The zero-order valence-corrected chi connectivity index (χ0v) is 12.5. The van der Waals surface area contributed by atoms with Crippen molar-refractivity contribution in [2.75, 3.05) is 5.73 Å². The molecule has 3 aromatic rings. The van der Waals surface area contributed by atoms with Crippen molar-refractivity contribution in [1.29, 1.82) is 0 Å². The summed E-state index contributed by atoms with van der Waals surface area (Å²) in [6, 6.07) is 5.14. The average Bonchev–Trinajstić information content (AvgIpc) is 2.90. The number of oxazole rings is 1. The Labute approximate surface area is 125 Å². The van der Waals surface area contributed by atoms with Crippen LogP contribution in [0.1, 0.15) is 18.3 Å². The van der Waals surface area contributed by atoms with Gasteiger partial charge in [-0.3, -0.25) is 9.25 Å². The number of nitrogens with two attached hydrogens (primary N) is 1. The van der Waals surface area contributed by atoms with Gasteiger partial charge in [-0.2, -0.15) is 5.10 Å². The zero-order chi connectivity index (χ0) is 15.1. The summed E-state index contributed by atoms with van der Waals surface area (Å²) in [5.74, 6) is -0.437. The fourth-order valence-corrected chi connectivity index (χ4v) is 2.60. The van der Waals surface area contributed by atoms with Gasteiger partial charge in [0, 0.05) is 18.3 Å². The maximum absolute atomic E-state index is 12.1. The topological polar surface area (TPSA) is 79.0 Å². The molecule has 2 aromatic heterocycles. The Balaban J connectivity index is 2.15. The first kappa shape index (κ1) is 13.8. The van der Waals surface area contributed by atoms with Gasteiger partial charge in [0.25, 0.3) is 0 Å². The number of rotatable bonds is 3. The van der Waals surface area contributed by atoms with E-state index in [0.717, 1.165) is 11.4 Å². The first-order valence-corrected chi connectivity index (χ1v) is 6.99. The number of aromatic nitrogens is 3. The minimum absolute atomic E-state index is 0.309. The molecular formula is C14H15ClN4O2. The van der Waals surface area contributed by atoms with E-state index >= 15 is 0 Å². The molecule has 2 N–H and O–H groups in total. The number of halogens is 1. The summed E-state index contributed by atoms with van der Waals surface area (Å²) in [4.78, 5) is 12.1. The highest BCUT2D eigenvalue weighted by molar-refractivity contribution is 6.31. The monoisotopic (exact) mass is 306 g/mol. The molecule has 2 heterocycles. The van der Waals surface area contributed by atoms with Crippen LogP contribution >= 0.6 is 11.6 Å². The molecule has 6 nitrogen and oxygen atoms in total. The predicted octanol–water partition coefficient (Wildman–Crippen LogP) is 2.40. The molecule has 21 heavy (non-hydrogen) atoms. The lowest BCUT2D eigenvalue weighted by molar-refractivity contribution is 0.507. The van der Waals surface area contributed by atoms with Gasteiger partial charge in [-0.15, -0.1) is 0 Å². The van der Waals surface area contributed by atoms with Crippen molar-refractivity contribution in [3.05, 3.63) is 45.2 Å². The van der Waals surface area contributed by atoms with Crippen molar-refractivity contribution >= 4 is 28.4 Å². The molecule has 0 radical (unpaired) electrons. The number of anilines is 1. The van der Waals surface area contributed by atoms with Crippen molar-refractivity contribution in [3.63, 3.8) is 0 Å². The smallest absolute Gasteiger partial charge is 0.408 e. The third-order valence-electron chi connectivity index (χ3n) is 3.45. The number of hydrogen-bond donors (Lipinski definition) is 1. The SMILES string of the molecule is CCn1nc(C)c(Cl)c1Cn1c(=O)oc2cc(N)ccc21. The number of nitrogen functional groups attached to an aromatic ring is 1. The predicted molar refractivity (Wildman–Crippen MR) is 81.6 cm³/mol. The van der Waals surface area contributed by atoms with E-state index in [1.54, 1.807) is 22.9 Å². The van der Waals surface area contributed by atoms with E-state index < -0.39 is 5.76 Å². The quantitative estimate of drug-likeness (QED) is 0.754. The van der Waals surface area contributed by atoms with E-state index in [0.29, 0.717) is 34.9 Å². The van der Waals surface area contributed by atoms with Gasteiger partial charge in [0.15, 0.2) is 5.58 Å². The largest absolute Gasteiger partial charge is 0.420 e. The van der Waals surface area contributed by atoms with E-state index in [1.807, 2.05) is 13.8 Å². The molecule has 3 rings (SSSR count). The number of hydrogen-bond acceptors (Lipinski definition) is 4. The van der Waals surface area contributed by atoms with Crippen LogP contribution in [-0.2, 0) is 13.1 Å². The minimum Gasteiger partial charge on any atom is -0.408 e. The Kier molecular flexibility index (Phi) is 3.25. The molecule has 0 aliphatic rings. The Hall–Kier alpha value is -2.21. The lowest BCUT2D eigenvalue weighted by atomic mass is 10.3. The Morgan fingerprint density at radius 2 is 2.19 bits per heavy atom. The van der Waals surface area contributed by atoms with Crippen LogP contribution < -0.4 is 11.5 Å². The molecule has 0 aliphatic carbocycles. The molecule has 0 amide bonds. The highest BCUT2D eigenvalue weighted by Gasteiger charge is 2.17. The lowest BCUT2D eigenvalue weighted by Gasteiger charge is -2.06. The van der Waals surface area contributed by atoms with Crippen LogP contribution in [0.5, 0.6) is 0 Å². The Bertz CT molecular complexity index is 875. The van der Waals surface area contributed by atoms with Crippen LogP contribution in [0.25, 0.3) is 11.1 Å². The second kappa shape index (κ2) is 4.96. The first-order chi connectivity index (χ1) is 10.0.